The van der Waals surface area contributed by atoms with Crippen molar-refractivity contribution in [1.29, 1.82) is 0 Å². The molecule has 6 nitrogen and oxygen atoms in total. The minimum atomic E-state index is -0.165. The van der Waals surface area contributed by atoms with Gasteiger partial charge in [0.15, 0.2) is 5.96 Å². The molecule has 0 aliphatic carbocycles. The minimum absolute atomic E-state index is 0. The Morgan fingerprint density at radius 2 is 1.78 bits per heavy atom. The standard InChI is InChI=1S/C24H34FN5O.HI/c1-3-29-12-14-30(15-13-29)23-10-9-21(17-22(23)25)18-28-24(26-2)27-11-16-31-19-20-7-5-4-6-8-20;/h4-10,17H,3,11-16,18-19H2,1-2H3,(H2,26,27,28);1H. The average molecular weight is 555 g/mol. The topological polar surface area (TPSA) is 52.1 Å². The third-order valence-corrected chi connectivity index (χ3v) is 5.51. The molecule has 0 radical (unpaired) electrons. The number of halogens is 2. The fraction of sp³-hybridized carbons (Fsp3) is 0.458. The van der Waals surface area contributed by atoms with Crippen molar-refractivity contribution < 1.29 is 9.13 Å². The molecule has 1 saturated heterocycles. The molecule has 3 rings (SSSR count). The molecule has 0 bridgehead atoms. The van der Waals surface area contributed by atoms with E-state index >= 15 is 0 Å². The SMILES string of the molecule is CCN1CCN(c2ccc(CNC(=NC)NCCOCc3ccccc3)cc2F)CC1.I. The molecule has 2 aromatic carbocycles. The molecular formula is C24H35FIN5O. The molecule has 32 heavy (non-hydrogen) atoms. The van der Waals surface area contributed by atoms with Crippen molar-refractivity contribution in [2.45, 2.75) is 20.1 Å². The van der Waals surface area contributed by atoms with Crippen molar-refractivity contribution in [3.05, 3.63) is 65.5 Å². The Labute approximate surface area is 208 Å². The predicted octanol–water partition coefficient (Wildman–Crippen LogP) is 3.47. The lowest BCUT2D eigenvalue weighted by Crippen LogP contribution is -2.46. The average Bonchev–Trinajstić information content (AvgIpc) is 2.81. The molecule has 0 spiro atoms. The van der Waals surface area contributed by atoms with Gasteiger partial charge >= 0.3 is 0 Å². The van der Waals surface area contributed by atoms with Gasteiger partial charge in [0, 0.05) is 46.3 Å². The third-order valence-electron chi connectivity index (χ3n) is 5.51. The number of anilines is 1. The number of hydrogen-bond acceptors (Lipinski definition) is 4. The van der Waals surface area contributed by atoms with E-state index in [1.165, 1.54) is 0 Å². The number of rotatable bonds is 9. The largest absolute Gasteiger partial charge is 0.375 e. The van der Waals surface area contributed by atoms with Gasteiger partial charge in [-0.3, -0.25) is 4.99 Å². The molecule has 176 valence electrons. The summed E-state index contributed by atoms with van der Waals surface area (Å²) in [5.41, 5.74) is 2.73. The highest BCUT2D eigenvalue weighted by atomic mass is 127. The lowest BCUT2D eigenvalue weighted by Gasteiger charge is -2.35. The van der Waals surface area contributed by atoms with Gasteiger partial charge in [0.25, 0.3) is 0 Å². The Morgan fingerprint density at radius 3 is 2.44 bits per heavy atom. The summed E-state index contributed by atoms with van der Waals surface area (Å²) < 4.78 is 20.4. The van der Waals surface area contributed by atoms with Crippen molar-refractivity contribution in [3.8, 4) is 0 Å². The number of nitrogens with zero attached hydrogens (tertiary/aromatic N) is 3. The number of ether oxygens (including phenoxy) is 1. The molecule has 2 N–H and O–H groups in total. The first-order valence-electron chi connectivity index (χ1n) is 11.0. The molecule has 0 unspecified atom stereocenters. The molecule has 0 atom stereocenters. The van der Waals surface area contributed by atoms with E-state index < -0.39 is 0 Å². The fourth-order valence-electron chi connectivity index (χ4n) is 3.63. The van der Waals surface area contributed by atoms with Gasteiger partial charge in [0.1, 0.15) is 5.82 Å². The normalized spacial score (nSPS) is 14.7. The van der Waals surface area contributed by atoms with Crippen LogP contribution in [0.3, 0.4) is 0 Å². The van der Waals surface area contributed by atoms with Crippen LogP contribution in [0.4, 0.5) is 10.1 Å². The molecule has 0 saturated carbocycles. The van der Waals surface area contributed by atoms with Crippen LogP contribution in [0.2, 0.25) is 0 Å². The van der Waals surface area contributed by atoms with E-state index in [9.17, 15) is 4.39 Å². The monoisotopic (exact) mass is 555 g/mol. The van der Waals surface area contributed by atoms with E-state index in [-0.39, 0.29) is 29.8 Å². The summed E-state index contributed by atoms with van der Waals surface area (Å²) in [6.07, 6.45) is 0. The second-order valence-corrected chi connectivity index (χ2v) is 7.60. The number of nitrogens with one attached hydrogen (secondary N) is 2. The Bertz CT molecular complexity index is 828. The first-order valence-corrected chi connectivity index (χ1v) is 11.0. The highest BCUT2D eigenvalue weighted by Crippen LogP contribution is 2.22. The van der Waals surface area contributed by atoms with Crippen LogP contribution >= 0.6 is 24.0 Å². The smallest absolute Gasteiger partial charge is 0.191 e. The van der Waals surface area contributed by atoms with E-state index in [0.717, 1.165) is 43.9 Å². The van der Waals surface area contributed by atoms with E-state index in [0.29, 0.717) is 38.0 Å². The molecule has 2 aromatic rings. The molecule has 0 amide bonds. The number of guanidine groups is 1. The van der Waals surface area contributed by atoms with Crippen LogP contribution in [0.1, 0.15) is 18.1 Å². The quantitative estimate of drug-likeness (QED) is 0.215. The summed E-state index contributed by atoms with van der Waals surface area (Å²) in [5.74, 6) is 0.505. The summed E-state index contributed by atoms with van der Waals surface area (Å²) in [6, 6.07) is 15.6. The molecule has 1 aliphatic rings. The van der Waals surface area contributed by atoms with Crippen LogP contribution in [0, 0.1) is 5.82 Å². The Kier molecular flexibility index (Phi) is 11.8. The van der Waals surface area contributed by atoms with Crippen molar-refractivity contribution in [2.24, 2.45) is 4.99 Å². The number of hydrogen-bond donors (Lipinski definition) is 2. The highest BCUT2D eigenvalue weighted by molar-refractivity contribution is 14.0. The van der Waals surface area contributed by atoms with Crippen LogP contribution in [0.15, 0.2) is 53.5 Å². The molecule has 8 heteroatoms. The first kappa shape index (κ1) is 26.3. The van der Waals surface area contributed by atoms with Crippen LogP contribution in [-0.4, -0.2) is 63.8 Å². The molecular weight excluding hydrogens is 520 g/mol. The molecule has 0 aromatic heterocycles. The van der Waals surface area contributed by atoms with E-state index in [4.69, 9.17) is 4.74 Å². The zero-order valence-corrected chi connectivity index (χ0v) is 21.3. The van der Waals surface area contributed by atoms with Gasteiger partial charge in [-0.1, -0.05) is 43.3 Å². The number of aliphatic imine (C=N–C) groups is 1. The van der Waals surface area contributed by atoms with Crippen molar-refractivity contribution in [3.63, 3.8) is 0 Å². The maximum Gasteiger partial charge on any atom is 0.191 e. The molecule has 1 aliphatic heterocycles. The zero-order chi connectivity index (χ0) is 21.9. The van der Waals surface area contributed by atoms with Gasteiger partial charge in [0.05, 0.1) is 18.9 Å². The number of piperazine rings is 1. The maximum atomic E-state index is 14.7. The Hall–Kier alpha value is -1.91. The molecule has 1 fully saturated rings. The van der Waals surface area contributed by atoms with E-state index in [2.05, 4.69) is 32.3 Å². The van der Waals surface area contributed by atoms with Crippen LogP contribution < -0.4 is 15.5 Å². The lowest BCUT2D eigenvalue weighted by molar-refractivity contribution is 0.125. The van der Waals surface area contributed by atoms with Gasteiger partial charge in [-0.05, 0) is 29.8 Å². The summed E-state index contributed by atoms with van der Waals surface area (Å²) in [6.45, 7) is 9.23. The van der Waals surface area contributed by atoms with Gasteiger partial charge in [-0.25, -0.2) is 4.39 Å². The van der Waals surface area contributed by atoms with Crippen LogP contribution in [0.5, 0.6) is 0 Å². The molecule has 1 heterocycles. The van der Waals surface area contributed by atoms with Crippen LogP contribution in [-0.2, 0) is 17.9 Å². The second kappa shape index (κ2) is 14.3. The van der Waals surface area contributed by atoms with Crippen molar-refractivity contribution in [1.82, 2.24) is 15.5 Å². The Balaban J connectivity index is 0.00000363. The summed E-state index contributed by atoms with van der Waals surface area (Å²) >= 11 is 0. The van der Waals surface area contributed by atoms with Gasteiger partial charge in [-0.2, -0.15) is 0 Å². The Morgan fingerprint density at radius 1 is 1.03 bits per heavy atom. The zero-order valence-electron chi connectivity index (χ0n) is 19.0. The van der Waals surface area contributed by atoms with Crippen molar-refractivity contribution in [2.75, 3.05) is 57.8 Å². The van der Waals surface area contributed by atoms with E-state index in [1.54, 1.807) is 13.1 Å². The highest BCUT2D eigenvalue weighted by Gasteiger charge is 2.18. The van der Waals surface area contributed by atoms with Crippen molar-refractivity contribution >= 4 is 35.6 Å². The lowest BCUT2D eigenvalue weighted by atomic mass is 10.1. The maximum absolute atomic E-state index is 14.7. The fourth-order valence-corrected chi connectivity index (χ4v) is 3.63. The van der Waals surface area contributed by atoms with Crippen LogP contribution in [0.25, 0.3) is 0 Å². The number of likely N-dealkylation sites (N-methyl/N-ethyl adjacent to an activating group) is 1. The summed E-state index contributed by atoms with van der Waals surface area (Å²) in [4.78, 5) is 8.74. The first-order chi connectivity index (χ1) is 15.2. The van der Waals surface area contributed by atoms with Gasteiger partial charge in [-0.15, -0.1) is 24.0 Å². The minimum Gasteiger partial charge on any atom is -0.375 e. The third kappa shape index (κ3) is 8.22. The second-order valence-electron chi connectivity index (χ2n) is 7.60. The van der Waals surface area contributed by atoms with E-state index in [1.807, 2.05) is 42.5 Å². The summed E-state index contributed by atoms with van der Waals surface area (Å²) in [7, 11) is 1.72. The predicted molar refractivity (Wildman–Crippen MR) is 140 cm³/mol. The summed E-state index contributed by atoms with van der Waals surface area (Å²) in [5, 5.41) is 6.45. The van der Waals surface area contributed by atoms with Gasteiger partial charge in [0.2, 0.25) is 0 Å². The number of benzene rings is 2. The van der Waals surface area contributed by atoms with Gasteiger partial charge < -0.3 is 25.2 Å².